The maximum absolute atomic E-state index is 12.8. The molecule has 0 aliphatic carbocycles. The lowest BCUT2D eigenvalue weighted by Gasteiger charge is -2.18. The van der Waals surface area contributed by atoms with Crippen molar-refractivity contribution in [2.24, 2.45) is 0 Å². The number of esters is 3. The molecule has 0 heterocycles. The van der Waals surface area contributed by atoms with Crippen molar-refractivity contribution in [2.75, 3.05) is 13.2 Å². The van der Waals surface area contributed by atoms with Gasteiger partial charge in [-0.1, -0.05) is 183 Å². The van der Waals surface area contributed by atoms with E-state index in [1.54, 1.807) is 0 Å². The number of allylic oxidation sites excluding steroid dienone is 14. The monoisotopic (exact) mass is 863 g/mol. The summed E-state index contributed by atoms with van der Waals surface area (Å²) in [5.74, 6) is -0.946. The van der Waals surface area contributed by atoms with E-state index in [0.717, 1.165) is 135 Å². The molecule has 0 unspecified atom stereocenters. The lowest BCUT2D eigenvalue weighted by molar-refractivity contribution is -0.167. The van der Waals surface area contributed by atoms with Gasteiger partial charge in [0.15, 0.2) is 6.10 Å². The molecule has 0 aromatic heterocycles. The van der Waals surface area contributed by atoms with Gasteiger partial charge in [0.05, 0.1) is 0 Å². The first-order valence-electron chi connectivity index (χ1n) is 25.6. The number of carbonyl (C=O) groups excluding carboxylic acids is 3. The molecule has 0 rings (SSSR count). The van der Waals surface area contributed by atoms with Gasteiger partial charge in [-0.3, -0.25) is 14.4 Å². The summed E-state index contributed by atoms with van der Waals surface area (Å²) in [5, 5.41) is 0. The van der Waals surface area contributed by atoms with Crippen LogP contribution in [-0.2, 0) is 28.6 Å². The summed E-state index contributed by atoms with van der Waals surface area (Å²) in [4.78, 5) is 37.9. The van der Waals surface area contributed by atoms with Crippen LogP contribution in [-0.4, -0.2) is 37.2 Å². The molecule has 1 atom stereocenters. The minimum absolute atomic E-state index is 0.0961. The SMILES string of the molecule is CC/C=C\C/C=C\C/C=C\CCCCCCCC(=O)O[C@@H](COC(=O)CCCCCC/C=C\C/C=C\C/C=C\CCCCC)COC(=O)CCCCCCC/C=C\CCCCC. The van der Waals surface area contributed by atoms with E-state index >= 15 is 0 Å². The summed E-state index contributed by atoms with van der Waals surface area (Å²) in [6.45, 7) is 6.42. The Labute approximate surface area is 382 Å². The van der Waals surface area contributed by atoms with E-state index in [1.165, 1.54) is 57.8 Å². The smallest absolute Gasteiger partial charge is 0.306 e. The van der Waals surface area contributed by atoms with Crippen molar-refractivity contribution in [3.8, 4) is 0 Å². The molecule has 0 aliphatic heterocycles. The van der Waals surface area contributed by atoms with Crippen LogP contribution in [0.15, 0.2) is 85.1 Å². The van der Waals surface area contributed by atoms with Crippen LogP contribution in [0.2, 0.25) is 0 Å². The number of unbranched alkanes of at least 4 members (excludes halogenated alkanes) is 20. The number of carbonyl (C=O) groups is 3. The van der Waals surface area contributed by atoms with Crippen LogP contribution in [0.4, 0.5) is 0 Å². The quantitative estimate of drug-likeness (QED) is 0.0263. The number of ether oxygens (including phenoxy) is 3. The molecular formula is C56H94O6. The van der Waals surface area contributed by atoms with Gasteiger partial charge in [-0.15, -0.1) is 0 Å². The maximum atomic E-state index is 12.8. The average molecular weight is 863 g/mol. The molecule has 0 spiro atoms. The summed E-state index contributed by atoms with van der Waals surface area (Å²) in [6.07, 6.45) is 64.2. The van der Waals surface area contributed by atoms with Crippen LogP contribution in [0.1, 0.15) is 233 Å². The summed E-state index contributed by atoms with van der Waals surface area (Å²) >= 11 is 0. The van der Waals surface area contributed by atoms with Crippen LogP contribution in [0.3, 0.4) is 0 Å². The fourth-order valence-corrected chi connectivity index (χ4v) is 6.75. The second-order valence-electron chi connectivity index (χ2n) is 16.7. The van der Waals surface area contributed by atoms with E-state index in [4.69, 9.17) is 14.2 Å². The topological polar surface area (TPSA) is 78.9 Å². The van der Waals surface area contributed by atoms with Crippen LogP contribution in [0.5, 0.6) is 0 Å². The van der Waals surface area contributed by atoms with Gasteiger partial charge in [0.1, 0.15) is 13.2 Å². The van der Waals surface area contributed by atoms with Crippen molar-refractivity contribution >= 4 is 17.9 Å². The van der Waals surface area contributed by atoms with E-state index in [2.05, 4.69) is 106 Å². The highest BCUT2D eigenvalue weighted by atomic mass is 16.6. The van der Waals surface area contributed by atoms with E-state index < -0.39 is 6.10 Å². The molecule has 6 nitrogen and oxygen atoms in total. The van der Waals surface area contributed by atoms with Crippen molar-refractivity contribution in [2.45, 2.75) is 239 Å². The molecule has 0 saturated heterocycles. The van der Waals surface area contributed by atoms with Gasteiger partial charge in [-0.05, 0) is 116 Å². The molecule has 0 N–H and O–H groups in total. The van der Waals surface area contributed by atoms with Gasteiger partial charge in [-0.2, -0.15) is 0 Å². The predicted molar refractivity (Wildman–Crippen MR) is 265 cm³/mol. The Kier molecular flexibility index (Phi) is 47.5. The van der Waals surface area contributed by atoms with Crippen LogP contribution < -0.4 is 0 Å². The zero-order chi connectivity index (χ0) is 45.1. The highest BCUT2D eigenvalue weighted by Gasteiger charge is 2.19. The maximum Gasteiger partial charge on any atom is 0.306 e. The van der Waals surface area contributed by atoms with Gasteiger partial charge in [0.25, 0.3) is 0 Å². The lowest BCUT2D eigenvalue weighted by Crippen LogP contribution is -2.30. The van der Waals surface area contributed by atoms with Crippen molar-refractivity contribution in [1.82, 2.24) is 0 Å². The number of hydrogen-bond donors (Lipinski definition) is 0. The van der Waals surface area contributed by atoms with Crippen LogP contribution in [0.25, 0.3) is 0 Å². The second-order valence-corrected chi connectivity index (χ2v) is 16.7. The first-order chi connectivity index (χ1) is 30.5. The van der Waals surface area contributed by atoms with Crippen LogP contribution >= 0.6 is 0 Å². The standard InChI is InChI=1S/C56H94O6/c1-4-7-10-13-16-19-22-25-27-28-30-31-34-37-40-43-46-49-55(58)61-52-53(51-60-54(57)48-45-42-39-36-33-24-21-18-15-12-9-6-3)62-56(59)50-47-44-41-38-35-32-29-26-23-20-17-14-11-8-5-2/h8,11,16-21,25-27,29-31,53H,4-7,9-10,12-15,22-24,28,32-52H2,1-3H3/b11-8-,19-16-,20-17-,21-18-,27-25-,29-26-,31-30-/t53-/m1/s1. The Balaban J connectivity index is 4.46. The van der Waals surface area contributed by atoms with Crippen molar-refractivity contribution < 1.29 is 28.6 Å². The zero-order valence-corrected chi connectivity index (χ0v) is 40.4. The fraction of sp³-hybridized carbons (Fsp3) is 0.696. The molecule has 0 aromatic carbocycles. The third-order valence-corrected chi connectivity index (χ3v) is 10.6. The molecule has 0 aromatic rings. The molecule has 0 fully saturated rings. The number of rotatable bonds is 45. The molecule has 0 saturated carbocycles. The molecule has 0 amide bonds. The Morgan fingerprint density at radius 3 is 1.00 bits per heavy atom. The van der Waals surface area contributed by atoms with Gasteiger partial charge in [-0.25, -0.2) is 0 Å². The number of hydrogen-bond acceptors (Lipinski definition) is 6. The predicted octanol–water partition coefficient (Wildman–Crippen LogP) is 16.8. The minimum Gasteiger partial charge on any atom is -0.462 e. The summed E-state index contributed by atoms with van der Waals surface area (Å²) in [7, 11) is 0. The Hall–Kier alpha value is -3.41. The summed E-state index contributed by atoms with van der Waals surface area (Å²) in [5.41, 5.74) is 0. The molecule has 0 bridgehead atoms. The third kappa shape index (κ3) is 47.6. The zero-order valence-electron chi connectivity index (χ0n) is 40.4. The van der Waals surface area contributed by atoms with E-state index in [1.807, 2.05) is 0 Å². The molecule has 6 heteroatoms. The van der Waals surface area contributed by atoms with Gasteiger partial charge in [0.2, 0.25) is 0 Å². The van der Waals surface area contributed by atoms with Crippen LogP contribution in [0, 0.1) is 0 Å². The second kappa shape index (κ2) is 50.2. The largest absolute Gasteiger partial charge is 0.462 e. The van der Waals surface area contributed by atoms with E-state index in [0.29, 0.717) is 19.3 Å². The highest BCUT2D eigenvalue weighted by molar-refractivity contribution is 5.71. The third-order valence-electron chi connectivity index (χ3n) is 10.6. The van der Waals surface area contributed by atoms with E-state index in [-0.39, 0.29) is 31.1 Å². The molecule has 0 radical (unpaired) electrons. The molecule has 62 heavy (non-hydrogen) atoms. The van der Waals surface area contributed by atoms with Crippen molar-refractivity contribution in [3.05, 3.63) is 85.1 Å². The average Bonchev–Trinajstić information content (AvgIpc) is 3.27. The van der Waals surface area contributed by atoms with E-state index in [9.17, 15) is 14.4 Å². The Morgan fingerprint density at radius 1 is 0.339 bits per heavy atom. The van der Waals surface area contributed by atoms with Gasteiger partial charge >= 0.3 is 17.9 Å². The van der Waals surface area contributed by atoms with Gasteiger partial charge < -0.3 is 14.2 Å². The van der Waals surface area contributed by atoms with Crippen molar-refractivity contribution in [1.29, 1.82) is 0 Å². The Morgan fingerprint density at radius 2 is 0.629 bits per heavy atom. The summed E-state index contributed by atoms with van der Waals surface area (Å²) < 4.78 is 16.7. The first kappa shape index (κ1) is 58.6. The fourth-order valence-electron chi connectivity index (χ4n) is 6.75. The minimum atomic E-state index is -0.798. The molecule has 0 aliphatic rings. The lowest BCUT2D eigenvalue weighted by atomic mass is 10.1. The van der Waals surface area contributed by atoms with Gasteiger partial charge in [0, 0.05) is 19.3 Å². The molecule has 354 valence electrons. The summed E-state index contributed by atoms with van der Waals surface area (Å²) in [6, 6.07) is 0. The normalized spacial score (nSPS) is 12.8. The van der Waals surface area contributed by atoms with Crippen molar-refractivity contribution in [3.63, 3.8) is 0 Å². The highest BCUT2D eigenvalue weighted by Crippen LogP contribution is 2.13. The Bertz CT molecular complexity index is 1220. The molecular weight excluding hydrogens is 769 g/mol. The first-order valence-corrected chi connectivity index (χ1v) is 25.6.